The zero-order valence-corrected chi connectivity index (χ0v) is 15.0. The van der Waals surface area contributed by atoms with E-state index in [1.807, 2.05) is 55.9 Å². The Balaban J connectivity index is 1.87. The van der Waals surface area contributed by atoms with Crippen LogP contribution in [0.25, 0.3) is 33.3 Å². The van der Waals surface area contributed by atoms with Gasteiger partial charge in [-0.25, -0.2) is 4.57 Å². The molecule has 0 aliphatic rings. The number of pyridine rings is 2. The fourth-order valence-electron chi connectivity index (χ4n) is 3.33. The SMILES string of the molecule is [2H]C([2H])(c1ccc(-c2cc3oc4cccnc4c3cc2C)[n+](C)c1)C(C)C. The molecule has 126 valence electrons. The monoisotopic (exact) mass is 333 g/mol. The van der Waals surface area contributed by atoms with E-state index in [9.17, 15) is 0 Å². The normalized spacial score (nSPS) is 13.5. The van der Waals surface area contributed by atoms with Gasteiger partial charge in [0.1, 0.15) is 18.1 Å². The lowest BCUT2D eigenvalue weighted by Crippen LogP contribution is -2.31. The molecular formula is C22H23N2O+. The summed E-state index contributed by atoms with van der Waals surface area (Å²) in [6.07, 6.45) is 2.31. The summed E-state index contributed by atoms with van der Waals surface area (Å²) in [5.74, 6) is -0.0931. The molecule has 25 heavy (non-hydrogen) atoms. The standard InChI is InChI=1S/C22H23N2O/c1-14(2)10-16-7-8-19(24(4)13-16)17-12-21-18(11-15(17)3)22-20(25-21)6-5-9-23-22/h5-9,11-14H,10H2,1-4H3/q+1/i10D2. The van der Waals surface area contributed by atoms with Gasteiger partial charge in [0.25, 0.3) is 0 Å². The molecule has 0 N–H and O–H groups in total. The smallest absolute Gasteiger partial charge is 0.212 e. The van der Waals surface area contributed by atoms with Gasteiger partial charge in [-0.3, -0.25) is 4.98 Å². The summed E-state index contributed by atoms with van der Waals surface area (Å²) >= 11 is 0. The van der Waals surface area contributed by atoms with Crippen LogP contribution < -0.4 is 4.57 Å². The van der Waals surface area contributed by atoms with E-state index < -0.39 is 6.37 Å². The largest absolute Gasteiger partial charge is 0.454 e. The Kier molecular flexibility index (Phi) is 3.26. The summed E-state index contributed by atoms with van der Waals surface area (Å²) in [5, 5.41) is 1.02. The number of nitrogens with zero attached hydrogens (tertiary/aromatic N) is 2. The average Bonchev–Trinajstić information content (AvgIpc) is 2.98. The van der Waals surface area contributed by atoms with Crippen molar-refractivity contribution in [2.24, 2.45) is 13.0 Å². The molecule has 4 aromatic rings. The predicted octanol–water partition coefficient (Wildman–Crippen LogP) is 4.98. The van der Waals surface area contributed by atoms with Crippen LogP contribution in [-0.2, 0) is 13.4 Å². The van der Waals surface area contributed by atoms with Crippen molar-refractivity contribution in [3.05, 3.63) is 59.9 Å². The Bertz CT molecular complexity index is 1160. The minimum atomic E-state index is -1.36. The second kappa shape index (κ2) is 5.99. The van der Waals surface area contributed by atoms with Gasteiger partial charge in [-0.15, -0.1) is 0 Å². The molecule has 0 atom stereocenters. The number of hydrogen-bond donors (Lipinski definition) is 0. The van der Waals surface area contributed by atoms with Crippen LogP contribution in [0.5, 0.6) is 0 Å². The topological polar surface area (TPSA) is 29.9 Å². The average molecular weight is 333 g/mol. The minimum absolute atomic E-state index is 0.0931. The van der Waals surface area contributed by atoms with E-state index in [2.05, 4.69) is 24.0 Å². The molecule has 3 heterocycles. The van der Waals surface area contributed by atoms with Crippen LogP contribution in [0.2, 0.25) is 0 Å². The van der Waals surface area contributed by atoms with E-state index >= 15 is 0 Å². The van der Waals surface area contributed by atoms with Crippen molar-refractivity contribution in [2.75, 3.05) is 0 Å². The molecule has 0 saturated carbocycles. The Hall–Kier alpha value is -2.68. The van der Waals surface area contributed by atoms with Gasteiger partial charge in [-0.05, 0) is 55.1 Å². The first-order valence-electron chi connectivity index (χ1n) is 9.57. The highest BCUT2D eigenvalue weighted by atomic mass is 16.3. The summed E-state index contributed by atoms with van der Waals surface area (Å²) in [6, 6.07) is 11.9. The van der Waals surface area contributed by atoms with E-state index in [1.54, 1.807) is 6.20 Å². The van der Waals surface area contributed by atoms with E-state index in [0.717, 1.165) is 38.9 Å². The highest BCUT2D eigenvalue weighted by Crippen LogP contribution is 2.32. The fourth-order valence-corrected chi connectivity index (χ4v) is 3.33. The summed E-state index contributed by atoms with van der Waals surface area (Å²) < 4.78 is 24.7. The zero-order valence-electron chi connectivity index (χ0n) is 17.0. The molecule has 0 saturated heterocycles. The van der Waals surface area contributed by atoms with Crippen molar-refractivity contribution in [3.8, 4) is 11.3 Å². The van der Waals surface area contributed by atoms with Crippen molar-refractivity contribution in [3.63, 3.8) is 0 Å². The summed E-state index contributed by atoms with van der Waals surface area (Å²) in [7, 11) is 1.96. The minimum Gasteiger partial charge on any atom is -0.454 e. The van der Waals surface area contributed by atoms with Gasteiger partial charge in [0.05, 0.1) is 5.56 Å². The maximum Gasteiger partial charge on any atom is 0.212 e. The molecule has 0 aliphatic carbocycles. The molecule has 0 unspecified atom stereocenters. The summed E-state index contributed by atoms with van der Waals surface area (Å²) in [6.45, 7) is 5.89. The summed E-state index contributed by atoms with van der Waals surface area (Å²) in [5.41, 5.74) is 6.39. The first kappa shape index (κ1) is 13.6. The number of aromatic nitrogens is 2. The first-order valence-corrected chi connectivity index (χ1v) is 8.57. The van der Waals surface area contributed by atoms with Gasteiger partial charge >= 0.3 is 0 Å². The van der Waals surface area contributed by atoms with Crippen molar-refractivity contribution in [2.45, 2.75) is 27.1 Å². The maximum atomic E-state index is 8.34. The Morgan fingerprint density at radius 2 is 2.04 bits per heavy atom. The highest BCUT2D eigenvalue weighted by Gasteiger charge is 2.17. The van der Waals surface area contributed by atoms with Crippen molar-refractivity contribution in [1.29, 1.82) is 0 Å². The molecule has 0 bridgehead atoms. The zero-order chi connectivity index (χ0) is 19.3. The van der Waals surface area contributed by atoms with E-state index in [1.165, 1.54) is 0 Å². The molecule has 0 amide bonds. The van der Waals surface area contributed by atoms with Crippen LogP contribution in [0.3, 0.4) is 0 Å². The van der Waals surface area contributed by atoms with Gasteiger partial charge in [0.2, 0.25) is 5.69 Å². The van der Waals surface area contributed by atoms with Crippen LogP contribution in [0.4, 0.5) is 0 Å². The molecule has 1 aromatic carbocycles. The van der Waals surface area contributed by atoms with Crippen LogP contribution >= 0.6 is 0 Å². The first-order chi connectivity index (χ1) is 12.8. The van der Waals surface area contributed by atoms with Gasteiger partial charge in [-0.1, -0.05) is 13.8 Å². The molecule has 3 heteroatoms. The van der Waals surface area contributed by atoms with Gasteiger partial charge in [-0.2, -0.15) is 0 Å². The summed E-state index contributed by atoms with van der Waals surface area (Å²) in [4.78, 5) is 4.44. The number of hydrogen-bond acceptors (Lipinski definition) is 2. The van der Waals surface area contributed by atoms with Crippen LogP contribution in [-0.4, -0.2) is 4.98 Å². The van der Waals surface area contributed by atoms with E-state index in [0.29, 0.717) is 5.56 Å². The molecule has 4 rings (SSSR count). The third-order valence-electron chi connectivity index (χ3n) is 4.44. The molecule has 3 nitrogen and oxygen atoms in total. The molecule has 0 aliphatic heterocycles. The molecule has 3 aromatic heterocycles. The number of aryl methyl sites for hydroxylation is 2. The quantitative estimate of drug-likeness (QED) is 0.495. The van der Waals surface area contributed by atoms with Crippen LogP contribution in [0.1, 0.15) is 27.7 Å². The fraction of sp³-hybridized carbons (Fsp3) is 0.273. The van der Waals surface area contributed by atoms with Crippen LogP contribution in [0, 0.1) is 12.8 Å². The third-order valence-corrected chi connectivity index (χ3v) is 4.44. The van der Waals surface area contributed by atoms with Crippen LogP contribution in [0.15, 0.2) is 53.2 Å². The Labute approximate surface area is 150 Å². The number of furan rings is 1. The van der Waals surface area contributed by atoms with Crippen molar-refractivity contribution >= 4 is 22.1 Å². The van der Waals surface area contributed by atoms with E-state index in [4.69, 9.17) is 7.16 Å². The molecule has 0 radical (unpaired) electrons. The second-order valence-corrected chi connectivity index (χ2v) is 6.83. The highest BCUT2D eigenvalue weighted by molar-refractivity contribution is 6.03. The van der Waals surface area contributed by atoms with Gasteiger partial charge in [0.15, 0.2) is 11.8 Å². The lowest BCUT2D eigenvalue weighted by atomic mass is 10.00. The molecule has 0 fully saturated rings. The van der Waals surface area contributed by atoms with Crippen molar-refractivity contribution < 1.29 is 11.7 Å². The predicted molar refractivity (Wildman–Crippen MR) is 101 cm³/mol. The maximum absolute atomic E-state index is 8.34. The molecule has 0 spiro atoms. The lowest BCUT2D eigenvalue weighted by molar-refractivity contribution is -0.660. The van der Waals surface area contributed by atoms with Gasteiger partial charge in [0, 0.05) is 26.0 Å². The van der Waals surface area contributed by atoms with Gasteiger partial charge < -0.3 is 4.42 Å². The van der Waals surface area contributed by atoms with E-state index in [-0.39, 0.29) is 5.92 Å². The number of rotatable bonds is 3. The van der Waals surface area contributed by atoms with Crippen molar-refractivity contribution in [1.82, 2.24) is 4.98 Å². The third kappa shape index (κ3) is 2.80. The second-order valence-electron chi connectivity index (χ2n) is 6.83. The lowest BCUT2D eigenvalue weighted by Gasteiger charge is -2.07. The molecular weight excluding hydrogens is 308 g/mol. The number of fused-ring (bicyclic) bond motifs is 3. The Morgan fingerprint density at radius 1 is 1.20 bits per heavy atom. The number of benzene rings is 1. The Morgan fingerprint density at radius 3 is 2.80 bits per heavy atom.